The van der Waals surface area contributed by atoms with Gasteiger partial charge in [-0.3, -0.25) is 0 Å². The minimum Gasteiger partial charge on any atom is -0.417 e. The third kappa shape index (κ3) is 1.78. The second-order valence-electron chi connectivity index (χ2n) is 3.53. The van der Waals surface area contributed by atoms with Gasteiger partial charge >= 0.3 is 0 Å². The van der Waals surface area contributed by atoms with Crippen LogP contribution in [0.4, 0.5) is 0 Å². The largest absolute Gasteiger partial charge is 0.417 e. The van der Waals surface area contributed by atoms with E-state index in [2.05, 4.69) is 15.2 Å². The molecule has 0 amide bonds. The van der Waals surface area contributed by atoms with Crippen LogP contribution >= 0.6 is 0 Å². The molecule has 0 radical (unpaired) electrons. The molecule has 0 saturated carbocycles. The Morgan fingerprint density at radius 2 is 2.29 bits per heavy atom. The lowest BCUT2D eigenvalue weighted by atomic mass is 10.5. The summed E-state index contributed by atoms with van der Waals surface area (Å²) in [5.41, 5.74) is 1.50. The molecule has 0 aliphatic heterocycles. The van der Waals surface area contributed by atoms with Crippen LogP contribution in [0.3, 0.4) is 0 Å². The number of hydrogen-bond acceptors (Lipinski definition) is 5. The van der Waals surface area contributed by atoms with Crippen LogP contribution in [0.2, 0.25) is 0 Å². The molecular weight excluding hydrogens is 220 g/mol. The normalized spacial score (nSPS) is 11.1. The molecule has 0 aliphatic rings. The van der Waals surface area contributed by atoms with Crippen molar-refractivity contribution >= 4 is 5.65 Å². The van der Waals surface area contributed by atoms with Crippen LogP contribution in [0, 0.1) is 0 Å². The van der Waals surface area contributed by atoms with Gasteiger partial charge in [-0.2, -0.15) is 0 Å². The van der Waals surface area contributed by atoms with Crippen molar-refractivity contribution in [1.82, 2.24) is 19.6 Å². The molecule has 3 aromatic rings. The molecule has 17 heavy (non-hydrogen) atoms. The van der Waals surface area contributed by atoms with Gasteiger partial charge in [-0.25, -0.2) is 4.98 Å². The summed E-state index contributed by atoms with van der Waals surface area (Å²) < 4.78 is 12.2. The predicted molar refractivity (Wildman–Crippen MR) is 59.2 cm³/mol. The first-order valence-electron chi connectivity index (χ1n) is 5.12. The lowest BCUT2D eigenvalue weighted by Gasteiger charge is -1.88. The van der Waals surface area contributed by atoms with Gasteiger partial charge in [-0.1, -0.05) is 6.07 Å². The Hall–Kier alpha value is -2.21. The van der Waals surface area contributed by atoms with Crippen LogP contribution in [0.5, 0.6) is 0 Å². The average Bonchev–Trinajstić information content (AvgIpc) is 2.94. The quantitative estimate of drug-likeness (QED) is 0.682. The van der Waals surface area contributed by atoms with Gasteiger partial charge in [0.15, 0.2) is 0 Å². The van der Waals surface area contributed by atoms with Gasteiger partial charge in [0, 0.05) is 19.5 Å². The van der Waals surface area contributed by atoms with Crippen molar-refractivity contribution in [3.63, 3.8) is 0 Å². The standard InChI is InChI=1S/C11H10N4O2/c1-16-7-10-13-14-11(17-10)8-6-15-5-3-2-4-9(15)12-8/h2-6H,7H2,1H3. The van der Waals surface area contributed by atoms with Gasteiger partial charge in [0.25, 0.3) is 5.89 Å². The van der Waals surface area contributed by atoms with Crippen molar-refractivity contribution in [2.24, 2.45) is 0 Å². The number of nitrogens with zero attached hydrogens (tertiary/aromatic N) is 4. The fraction of sp³-hybridized carbons (Fsp3) is 0.182. The van der Waals surface area contributed by atoms with Crippen LogP contribution in [0.25, 0.3) is 17.2 Å². The number of imidazole rings is 1. The third-order valence-corrected chi connectivity index (χ3v) is 2.32. The van der Waals surface area contributed by atoms with Crippen LogP contribution in [-0.4, -0.2) is 26.7 Å². The number of pyridine rings is 1. The zero-order valence-corrected chi connectivity index (χ0v) is 9.20. The molecule has 0 atom stereocenters. The molecule has 0 saturated heterocycles. The molecule has 0 bridgehead atoms. The first-order chi connectivity index (χ1) is 8.36. The molecule has 0 aromatic carbocycles. The van der Waals surface area contributed by atoms with Gasteiger partial charge < -0.3 is 13.6 Å². The Morgan fingerprint density at radius 1 is 1.35 bits per heavy atom. The maximum absolute atomic E-state index is 5.42. The van der Waals surface area contributed by atoms with Crippen molar-refractivity contribution in [2.45, 2.75) is 6.61 Å². The van der Waals surface area contributed by atoms with Gasteiger partial charge in [-0.15, -0.1) is 10.2 Å². The lowest BCUT2D eigenvalue weighted by Crippen LogP contribution is -1.85. The van der Waals surface area contributed by atoms with E-state index >= 15 is 0 Å². The number of methoxy groups -OCH3 is 1. The Kier molecular flexibility index (Phi) is 2.34. The summed E-state index contributed by atoms with van der Waals surface area (Å²) in [4.78, 5) is 4.38. The molecule has 0 aliphatic carbocycles. The Bertz CT molecular complexity index is 611. The van der Waals surface area contributed by atoms with Crippen molar-refractivity contribution in [3.05, 3.63) is 36.5 Å². The minimum atomic E-state index is 0.306. The first-order valence-corrected chi connectivity index (χ1v) is 5.12. The highest BCUT2D eigenvalue weighted by Gasteiger charge is 2.11. The average molecular weight is 230 g/mol. The summed E-state index contributed by atoms with van der Waals surface area (Å²) in [7, 11) is 1.58. The monoisotopic (exact) mass is 230 g/mol. The van der Waals surface area contributed by atoms with E-state index in [9.17, 15) is 0 Å². The molecular formula is C11H10N4O2. The first kappa shape index (κ1) is 9.98. The molecule has 0 unspecified atom stereocenters. The van der Waals surface area contributed by atoms with E-state index in [1.165, 1.54) is 0 Å². The summed E-state index contributed by atoms with van der Waals surface area (Å²) in [6, 6.07) is 5.77. The van der Waals surface area contributed by atoms with E-state index in [4.69, 9.17) is 9.15 Å². The van der Waals surface area contributed by atoms with Crippen LogP contribution < -0.4 is 0 Å². The predicted octanol–water partition coefficient (Wildman–Crippen LogP) is 1.53. The zero-order valence-electron chi connectivity index (χ0n) is 9.20. The van der Waals surface area contributed by atoms with Gasteiger partial charge in [0.2, 0.25) is 5.89 Å². The molecule has 0 spiro atoms. The van der Waals surface area contributed by atoms with Crippen molar-refractivity contribution in [2.75, 3.05) is 7.11 Å². The Morgan fingerprint density at radius 3 is 3.12 bits per heavy atom. The fourth-order valence-electron chi connectivity index (χ4n) is 1.58. The van der Waals surface area contributed by atoms with E-state index in [0.29, 0.717) is 24.1 Å². The number of hydrogen-bond donors (Lipinski definition) is 0. The van der Waals surface area contributed by atoms with E-state index in [-0.39, 0.29) is 0 Å². The second-order valence-corrected chi connectivity index (χ2v) is 3.53. The van der Waals surface area contributed by atoms with E-state index in [1.54, 1.807) is 7.11 Å². The maximum atomic E-state index is 5.42. The van der Waals surface area contributed by atoms with Crippen LogP contribution in [0.15, 0.2) is 35.0 Å². The summed E-state index contributed by atoms with van der Waals surface area (Å²) in [6.45, 7) is 0.306. The molecule has 6 heteroatoms. The number of rotatable bonds is 3. The van der Waals surface area contributed by atoms with E-state index in [0.717, 1.165) is 5.65 Å². The third-order valence-electron chi connectivity index (χ3n) is 2.32. The van der Waals surface area contributed by atoms with Gasteiger partial charge in [-0.05, 0) is 12.1 Å². The molecule has 0 N–H and O–H groups in total. The van der Waals surface area contributed by atoms with Crippen LogP contribution in [-0.2, 0) is 11.3 Å². The van der Waals surface area contributed by atoms with Gasteiger partial charge in [0.05, 0.1) is 0 Å². The van der Waals surface area contributed by atoms with E-state index in [1.807, 2.05) is 35.0 Å². The molecule has 3 aromatic heterocycles. The van der Waals surface area contributed by atoms with Crippen LogP contribution in [0.1, 0.15) is 5.89 Å². The van der Waals surface area contributed by atoms with E-state index < -0.39 is 0 Å². The summed E-state index contributed by atoms with van der Waals surface area (Å²) in [6.07, 6.45) is 3.76. The number of ether oxygens (including phenoxy) is 1. The fourth-order valence-corrected chi connectivity index (χ4v) is 1.58. The molecule has 0 fully saturated rings. The second kappa shape index (κ2) is 3.99. The highest BCUT2D eigenvalue weighted by atomic mass is 16.5. The molecule has 86 valence electrons. The topological polar surface area (TPSA) is 65.5 Å². The van der Waals surface area contributed by atoms with Crippen molar-refractivity contribution < 1.29 is 9.15 Å². The SMILES string of the molecule is COCc1nnc(-c2cn3ccccc3n2)o1. The van der Waals surface area contributed by atoms with Crippen molar-refractivity contribution in [3.8, 4) is 11.6 Å². The number of aromatic nitrogens is 4. The highest BCUT2D eigenvalue weighted by molar-refractivity contribution is 5.53. The Balaban J connectivity index is 2.01. The van der Waals surface area contributed by atoms with Crippen molar-refractivity contribution in [1.29, 1.82) is 0 Å². The summed E-state index contributed by atoms with van der Waals surface area (Å²) in [5.74, 6) is 0.848. The Labute approximate surface area is 96.9 Å². The molecule has 6 nitrogen and oxygen atoms in total. The molecule has 3 rings (SSSR count). The lowest BCUT2D eigenvalue weighted by molar-refractivity contribution is 0.160. The molecule has 3 heterocycles. The summed E-state index contributed by atoms with van der Waals surface area (Å²) in [5, 5.41) is 7.79. The zero-order chi connectivity index (χ0) is 11.7. The summed E-state index contributed by atoms with van der Waals surface area (Å²) >= 11 is 0. The maximum Gasteiger partial charge on any atom is 0.268 e. The minimum absolute atomic E-state index is 0.306. The van der Waals surface area contributed by atoms with Gasteiger partial charge in [0.1, 0.15) is 17.9 Å². The number of fused-ring (bicyclic) bond motifs is 1. The smallest absolute Gasteiger partial charge is 0.268 e. The highest BCUT2D eigenvalue weighted by Crippen LogP contribution is 2.17.